The van der Waals surface area contributed by atoms with E-state index in [0.717, 1.165) is 12.8 Å². The molecule has 1 aliphatic carbocycles. The first kappa shape index (κ1) is 12.1. The van der Waals surface area contributed by atoms with E-state index < -0.39 is 15.8 Å². The summed E-state index contributed by atoms with van der Waals surface area (Å²) in [5, 5.41) is 8.81. The fourth-order valence-electron chi connectivity index (χ4n) is 1.67. The minimum Gasteiger partial charge on any atom is -0.478 e. The van der Waals surface area contributed by atoms with Crippen molar-refractivity contribution in [2.24, 2.45) is 5.92 Å². The number of carbonyl (C=O) groups is 1. The van der Waals surface area contributed by atoms with E-state index >= 15 is 0 Å². The highest BCUT2D eigenvalue weighted by Crippen LogP contribution is 2.33. The molecule has 2 rings (SSSR count). The van der Waals surface area contributed by atoms with Gasteiger partial charge in [0.1, 0.15) is 0 Å². The first-order valence-corrected chi connectivity index (χ1v) is 7.20. The monoisotopic (exact) mass is 254 g/mol. The van der Waals surface area contributed by atoms with Gasteiger partial charge >= 0.3 is 5.97 Å². The maximum absolute atomic E-state index is 11.9. The Morgan fingerprint density at radius 1 is 1.35 bits per heavy atom. The van der Waals surface area contributed by atoms with Crippen LogP contribution in [-0.2, 0) is 9.84 Å². The van der Waals surface area contributed by atoms with Gasteiger partial charge in [-0.15, -0.1) is 0 Å². The van der Waals surface area contributed by atoms with Crippen LogP contribution in [0.25, 0.3) is 0 Å². The molecule has 1 fully saturated rings. The summed E-state index contributed by atoms with van der Waals surface area (Å²) in [5.41, 5.74) is 0.0116. The second-order valence-electron chi connectivity index (χ2n) is 4.38. The molecular weight excluding hydrogens is 240 g/mol. The predicted molar refractivity (Wildman–Crippen MR) is 62.8 cm³/mol. The van der Waals surface area contributed by atoms with Crippen LogP contribution < -0.4 is 0 Å². The lowest BCUT2D eigenvalue weighted by Gasteiger charge is -2.04. The molecule has 1 N–H and O–H groups in total. The molecular formula is C12H14O4S. The highest BCUT2D eigenvalue weighted by Gasteiger charge is 2.25. The Morgan fingerprint density at radius 3 is 2.65 bits per heavy atom. The molecule has 1 saturated carbocycles. The molecule has 0 aliphatic heterocycles. The first-order valence-electron chi connectivity index (χ1n) is 5.55. The third kappa shape index (κ3) is 3.06. The van der Waals surface area contributed by atoms with Crippen molar-refractivity contribution in [3.63, 3.8) is 0 Å². The highest BCUT2D eigenvalue weighted by atomic mass is 32.2. The number of carboxylic acid groups (broad SMARTS) is 1. The standard InChI is InChI=1S/C12H14O4S/c13-12(14)10-2-1-3-11(8-10)17(15,16)7-6-9-4-5-9/h1-3,8-9H,4-7H2,(H,13,14). The van der Waals surface area contributed by atoms with E-state index in [9.17, 15) is 13.2 Å². The minimum absolute atomic E-state index is 0.0116. The van der Waals surface area contributed by atoms with Gasteiger partial charge in [-0.25, -0.2) is 13.2 Å². The molecule has 5 heteroatoms. The molecule has 0 heterocycles. The Kier molecular flexibility index (Phi) is 3.19. The average molecular weight is 254 g/mol. The van der Waals surface area contributed by atoms with E-state index in [1.807, 2.05) is 0 Å². The van der Waals surface area contributed by atoms with Crippen molar-refractivity contribution in [3.05, 3.63) is 29.8 Å². The minimum atomic E-state index is -3.33. The molecule has 1 aliphatic rings. The van der Waals surface area contributed by atoms with Crippen molar-refractivity contribution in [2.75, 3.05) is 5.75 Å². The van der Waals surface area contributed by atoms with Crippen molar-refractivity contribution in [2.45, 2.75) is 24.2 Å². The van der Waals surface area contributed by atoms with Gasteiger partial charge in [0.05, 0.1) is 16.2 Å². The number of sulfone groups is 1. The fraction of sp³-hybridized carbons (Fsp3) is 0.417. The summed E-state index contributed by atoms with van der Waals surface area (Å²) in [7, 11) is -3.33. The van der Waals surface area contributed by atoms with E-state index in [1.165, 1.54) is 24.3 Å². The lowest BCUT2D eigenvalue weighted by Crippen LogP contribution is -2.08. The SMILES string of the molecule is O=C(O)c1cccc(S(=O)(=O)CCC2CC2)c1. The Bertz CT molecular complexity index is 529. The van der Waals surface area contributed by atoms with Crippen LogP contribution in [0.4, 0.5) is 0 Å². The number of aromatic carboxylic acids is 1. The maximum Gasteiger partial charge on any atom is 0.335 e. The number of benzene rings is 1. The quantitative estimate of drug-likeness (QED) is 0.871. The van der Waals surface area contributed by atoms with E-state index in [1.54, 1.807) is 0 Å². The number of carboxylic acids is 1. The van der Waals surface area contributed by atoms with Crippen molar-refractivity contribution < 1.29 is 18.3 Å². The van der Waals surface area contributed by atoms with Crippen molar-refractivity contribution in [3.8, 4) is 0 Å². The van der Waals surface area contributed by atoms with Gasteiger partial charge in [0.15, 0.2) is 9.84 Å². The molecule has 4 nitrogen and oxygen atoms in total. The summed E-state index contributed by atoms with van der Waals surface area (Å²) >= 11 is 0. The van der Waals surface area contributed by atoms with Gasteiger partial charge in [0, 0.05) is 0 Å². The van der Waals surface area contributed by atoms with E-state index in [0.29, 0.717) is 12.3 Å². The van der Waals surface area contributed by atoms with Crippen LogP contribution in [0.3, 0.4) is 0 Å². The Morgan fingerprint density at radius 2 is 2.06 bits per heavy atom. The summed E-state index contributed by atoms with van der Waals surface area (Å²) in [6.07, 6.45) is 2.91. The van der Waals surface area contributed by atoms with Crippen LogP contribution >= 0.6 is 0 Å². The Hall–Kier alpha value is -1.36. The zero-order chi connectivity index (χ0) is 12.5. The fourth-order valence-corrected chi connectivity index (χ4v) is 3.14. The molecule has 0 aromatic heterocycles. The topological polar surface area (TPSA) is 71.4 Å². The first-order chi connectivity index (χ1) is 7.99. The zero-order valence-corrected chi connectivity index (χ0v) is 10.1. The number of rotatable bonds is 5. The van der Waals surface area contributed by atoms with Crippen molar-refractivity contribution in [1.29, 1.82) is 0 Å². The van der Waals surface area contributed by atoms with Crippen molar-refractivity contribution >= 4 is 15.8 Å². The van der Waals surface area contributed by atoms with Gasteiger partial charge in [-0.2, -0.15) is 0 Å². The molecule has 92 valence electrons. The van der Waals surface area contributed by atoms with Crippen LogP contribution in [0.15, 0.2) is 29.2 Å². The molecule has 0 spiro atoms. The predicted octanol–water partition coefficient (Wildman–Crippen LogP) is 1.96. The van der Waals surface area contributed by atoms with E-state index in [-0.39, 0.29) is 16.2 Å². The Balaban J connectivity index is 2.19. The van der Waals surface area contributed by atoms with Gasteiger partial charge in [-0.05, 0) is 30.5 Å². The second kappa shape index (κ2) is 4.49. The molecule has 0 amide bonds. The molecule has 0 radical (unpaired) electrons. The number of hydrogen-bond donors (Lipinski definition) is 1. The molecule has 17 heavy (non-hydrogen) atoms. The van der Waals surface area contributed by atoms with Gasteiger partial charge in [-0.1, -0.05) is 18.9 Å². The lowest BCUT2D eigenvalue weighted by molar-refractivity contribution is 0.0696. The van der Waals surface area contributed by atoms with Crippen molar-refractivity contribution in [1.82, 2.24) is 0 Å². The van der Waals surface area contributed by atoms with E-state index in [4.69, 9.17) is 5.11 Å². The normalized spacial score (nSPS) is 15.8. The molecule has 0 atom stereocenters. The molecule has 1 aromatic rings. The zero-order valence-electron chi connectivity index (χ0n) is 9.30. The molecule has 0 unspecified atom stereocenters. The maximum atomic E-state index is 11.9. The summed E-state index contributed by atoms with van der Waals surface area (Å²) in [4.78, 5) is 10.9. The smallest absolute Gasteiger partial charge is 0.335 e. The summed E-state index contributed by atoms with van der Waals surface area (Å²) in [6, 6.07) is 5.54. The average Bonchev–Trinajstić information content (AvgIpc) is 3.10. The van der Waals surface area contributed by atoms with E-state index in [2.05, 4.69) is 0 Å². The molecule has 0 bridgehead atoms. The summed E-state index contributed by atoms with van der Waals surface area (Å²) in [6.45, 7) is 0. The highest BCUT2D eigenvalue weighted by molar-refractivity contribution is 7.91. The van der Waals surface area contributed by atoms with Gasteiger partial charge < -0.3 is 5.11 Å². The van der Waals surface area contributed by atoms with Crippen LogP contribution in [0.2, 0.25) is 0 Å². The summed E-state index contributed by atoms with van der Waals surface area (Å²) in [5.74, 6) is -0.447. The molecule has 0 saturated heterocycles. The van der Waals surface area contributed by atoms with Crippen LogP contribution in [0.5, 0.6) is 0 Å². The third-order valence-electron chi connectivity index (χ3n) is 2.93. The van der Waals surface area contributed by atoms with Gasteiger partial charge in [0.25, 0.3) is 0 Å². The van der Waals surface area contributed by atoms with Crippen LogP contribution in [0.1, 0.15) is 29.6 Å². The number of hydrogen-bond acceptors (Lipinski definition) is 3. The van der Waals surface area contributed by atoms with Gasteiger partial charge in [0.2, 0.25) is 0 Å². The summed E-state index contributed by atoms with van der Waals surface area (Å²) < 4.78 is 23.9. The van der Waals surface area contributed by atoms with Crippen LogP contribution in [0, 0.1) is 5.92 Å². The third-order valence-corrected chi connectivity index (χ3v) is 4.68. The van der Waals surface area contributed by atoms with Gasteiger partial charge in [-0.3, -0.25) is 0 Å². The molecule has 1 aromatic carbocycles. The second-order valence-corrected chi connectivity index (χ2v) is 6.49. The largest absolute Gasteiger partial charge is 0.478 e. The Labute approximate surface area is 100 Å². The van der Waals surface area contributed by atoms with Crippen LogP contribution in [-0.4, -0.2) is 25.2 Å². The lowest BCUT2D eigenvalue weighted by atomic mass is 10.2.